The third kappa shape index (κ3) is 3.75. The predicted molar refractivity (Wildman–Crippen MR) is 162 cm³/mol. The van der Waals surface area contributed by atoms with Crippen LogP contribution in [0.1, 0.15) is 104 Å². The van der Waals surface area contributed by atoms with Crippen molar-refractivity contribution in [3.63, 3.8) is 0 Å². The predicted octanol–water partition coefficient (Wildman–Crippen LogP) is 6.93. The molecule has 6 fully saturated rings. The van der Waals surface area contributed by atoms with Gasteiger partial charge in [0.15, 0.2) is 0 Å². The van der Waals surface area contributed by atoms with Crippen molar-refractivity contribution in [2.45, 2.75) is 117 Å². The summed E-state index contributed by atoms with van der Waals surface area (Å²) in [5.74, 6) is 2.11. The van der Waals surface area contributed by atoms with Gasteiger partial charge in [-0.2, -0.15) is 0 Å². The number of hydrogen-bond donors (Lipinski definition) is 2. The molecule has 5 nitrogen and oxygen atoms in total. The van der Waals surface area contributed by atoms with E-state index >= 15 is 0 Å². The number of benzene rings is 1. The highest BCUT2D eigenvalue weighted by Gasteiger charge is 2.74. The number of carbonyl (C=O) groups excluding carboxylic acids is 1. The molecule has 7 rings (SSSR count). The average molecular weight is 579 g/mol. The van der Waals surface area contributed by atoms with E-state index in [4.69, 9.17) is 9.47 Å². The summed E-state index contributed by atoms with van der Waals surface area (Å²) in [4.78, 5) is 14.3. The molecule has 42 heavy (non-hydrogen) atoms. The normalized spacial score (nSPS) is 52.8. The summed E-state index contributed by atoms with van der Waals surface area (Å²) in [6.07, 6.45) is 9.92. The zero-order valence-electron chi connectivity index (χ0n) is 26.7. The largest absolute Gasteiger partial charge is 0.460 e. The summed E-state index contributed by atoms with van der Waals surface area (Å²) in [6.45, 7) is 13.4. The minimum absolute atomic E-state index is 0.0353. The Labute approximate surface area is 253 Å². The van der Waals surface area contributed by atoms with E-state index in [1.54, 1.807) is 0 Å². The Bertz CT molecular complexity index is 1210. The molecule has 12 atom stereocenters. The zero-order chi connectivity index (χ0) is 29.8. The first kappa shape index (κ1) is 29.3. The molecule has 0 amide bonds. The third-order valence-corrected chi connectivity index (χ3v) is 15.6. The molecule has 232 valence electrons. The number of carbonyl (C=O) groups is 1. The number of aliphatic hydroxyl groups excluding tert-OH is 2. The maximum Gasteiger partial charge on any atom is 0.312 e. The lowest BCUT2D eigenvalue weighted by molar-refractivity contribution is -0.256. The van der Waals surface area contributed by atoms with Crippen molar-refractivity contribution in [2.24, 2.45) is 56.7 Å². The summed E-state index contributed by atoms with van der Waals surface area (Å²) in [5, 5.41) is 21.6. The molecule has 5 unspecified atom stereocenters. The minimum atomic E-state index is -0.426. The standard InChI is InChI=1S/C37H54O5/c1-32-16-15-29(39)33(2,22-38)27(32)14-17-35(4)28(32)12-11-25-30-26(36(5)23-42-36)13-18-37(30,20-19-34(25,35)3)31(40)41-21-24-9-7-6-8-10-24/h6-10,25-30,38-39H,11-23H2,1-5H3/t25?,26-,27-,28?,29?,30?,32+,33+,34-,35-,36?,37+/m1/s1. The molecule has 0 spiro atoms. The van der Waals surface area contributed by atoms with E-state index in [1.165, 1.54) is 6.42 Å². The number of hydrogen-bond acceptors (Lipinski definition) is 5. The highest BCUT2D eigenvalue weighted by molar-refractivity contribution is 5.78. The first-order chi connectivity index (χ1) is 19.9. The van der Waals surface area contributed by atoms with Gasteiger partial charge in [-0.3, -0.25) is 4.79 Å². The molecule has 5 aliphatic carbocycles. The maximum atomic E-state index is 14.3. The van der Waals surface area contributed by atoms with Crippen LogP contribution < -0.4 is 0 Å². The van der Waals surface area contributed by atoms with Gasteiger partial charge in [0.25, 0.3) is 0 Å². The molecular formula is C37H54O5. The van der Waals surface area contributed by atoms with E-state index in [1.807, 2.05) is 30.3 Å². The van der Waals surface area contributed by atoms with Crippen molar-refractivity contribution in [3.8, 4) is 0 Å². The fraction of sp³-hybridized carbons (Fsp3) is 0.811. The van der Waals surface area contributed by atoms with Crippen LogP contribution >= 0.6 is 0 Å². The number of fused-ring (bicyclic) bond motifs is 7. The lowest BCUT2D eigenvalue weighted by Gasteiger charge is -2.72. The summed E-state index contributed by atoms with van der Waals surface area (Å²) in [6, 6.07) is 10.1. The van der Waals surface area contributed by atoms with E-state index in [9.17, 15) is 15.0 Å². The quantitative estimate of drug-likeness (QED) is 0.293. The van der Waals surface area contributed by atoms with E-state index in [2.05, 4.69) is 34.6 Å². The Hall–Kier alpha value is -1.43. The maximum absolute atomic E-state index is 14.3. The summed E-state index contributed by atoms with van der Waals surface area (Å²) < 4.78 is 12.4. The van der Waals surface area contributed by atoms with Crippen LogP contribution in [0.4, 0.5) is 0 Å². The Morgan fingerprint density at radius 2 is 1.60 bits per heavy atom. The molecule has 1 aromatic rings. The number of aliphatic hydroxyl groups is 2. The van der Waals surface area contributed by atoms with Crippen LogP contribution in [0.3, 0.4) is 0 Å². The van der Waals surface area contributed by atoms with Gasteiger partial charge in [-0.15, -0.1) is 0 Å². The third-order valence-electron chi connectivity index (χ3n) is 15.6. The van der Waals surface area contributed by atoms with Gasteiger partial charge in [0.05, 0.1) is 30.3 Å². The molecule has 6 aliphatic rings. The molecule has 1 aliphatic heterocycles. The van der Waals surface area contributed by atoms with Crippen LogP contribution in [0.5, 0.6) is 0 Å². The van der Waals surface area contributed by atoms with Crippen LogP contribution in [0, 0.1) is 56.7 Å². The molecule has 0 aromatic heterocycles. The van der Waals surface area contributed by atoms with Crippen LogP contribution in [-0.4, -0.2) is 41.1 Å². The van der Waals surface area contributed by atoms with Gasteiger partial charge in [0.2, 0.25) is 0 Å². The van der Waals surface area contributed by atoms with Crippen molar-refractivity contribution in [1.82, 2.24) is 0 Å². The topological polar surface area (TPSA) is 79.3 Å². The second kappa shape index (κ2) is 9.54. The van der Waals surface area contributed by atoms with Crippen LogP contribution in [0.15, 0.2) is 30.3 Å². The first-order valence-corrected chi connectivity index (χ1v) is 17.0. The second-order valence-electron chi connectivity index (χ2n) is 16.9. The molecule has 1 saturated heterocycles. The summed E-state index contributed by atoms with van der Waals surface area (Å²) >= 11 is 0. The van der Waals surface area contributed by atoms with E-state index in [0.29, 0.717) is 36.2 Å². The van der Waals surface area contributed by atoms with Gasteiger partial charge < -0.3 is 19.7 Å². The molecule has 5 saturated carbocycles. The highest BCUT2D eigenvalue weighted by Crippen LogP contribution is 2.78. The molecular weight excluding hydrogens is 524 g/mol. The number of esters is 1. The monoisotopic (exact) mass is 578 g/mol. The summed E-state index contributed by atoms with van der Waals surface area (Å²) in [7, 11) is 0. The lowest BCUT2D eigenvalue weighted by Crippen LogP contribution is -2.68. The van der Waals surface area contributed by atoms with Crippen LogP contribution in [0.25, 0.3) is 0 Å². The first-order valence-electron chi connectivity index (χ1n) is 17.0. The van der Waals surface area contributed by atoms with E-state index < -0.39 is 16.9 Å². The van der Waals surface area contributed by atoms with Gasteiger partial charge in [-0.1, -0.05) is 58.0 Å². The van der Waals surface area contributed by atoms with Gasteiger partial charge in [0, 0.05) is 5.41 Å². The molecule has 2 N–H and O–H groups in total. The minimum Gasteiger partial charge on any atom is -0.460 e. The molecule has 0 radical (unpaired) electrons. The van der Waals surface area contributed by atoms with E-state index in [0.717, 1.165) is 70.0 Å². The molecule has 5 heteroatoms. The fourth-order valence-corrected chi connectivity index (χ4v) is 12.8. The smallest absolute Gasteiger partial charge is 0.312 e. The van der Waals surface area contributed by atoms with Crippen LogP contribution in [-0.2, 0) is 20.9 Å². The Balaban J connectivity index is 1.23. The Morgan fingerprint density at radius 3 is 2.29 bits per heavy atom. The fourth-order valence-electron chi connectivity index (χ4n) is 12.8. The lowest BCUT2D eigenvalue weighted by atomic mass is 9.32. The zero-order valence-corrected chi connectivity index (χ0v) is 26.7. The number of epoxide rings is 1. The number of rotatable bonds is 5. The van der Waals surface area contributed by atoms with Gasteiger partial charge in [-0.25, -0.2) is 0 Å². The van der Waals surface area contributed by atoms with Crippen molar-refractivity contribution < 1.29 is 24.5 Å². The van der Waals surface area contributed by atoms with Gasteiger partial charge in [-0.05, 0) is 123 Å². The van der Waals surface area contributed by atoms with Crippen molar-refractivity contribution >= 4 is 5.97 Å². The molecule has 1 heterocycles. The van der Waals surface area contributed by atoms with Crippen molar-refractivity contribution in [3.05, 3.63) is 35.9 Å². The Morgan fingerprint density at radius 1 is 0.857 bits per heavy atom. The molecule has 1 aromatic carbocycles. The second-order valence-corrected chi connectivity index (χ2v) is 16.9. The van der Waals surface area contributed by atoms with Crippen LogP contribution in [0.2, 0.25) is 0 Å². The number of ether oxygens (including phenoxy) is 2. The van der Waals surface area contributed by atoms with E-state index in [-0.39, 0.29) is 34.4 Å². The SMILES string of the molecule is CC1([C@@H]2CC[C@]3(C(=O)OCc4ccccc4)CC[C@]4(C)C(CCC5[C@@]6(C)CCC(O)[C@@](C)(CO)[C@@H]6CC[C@]54C)C23)CO1. The molecule has 0 bridgehead atoms. The van der Waals surface area contributed by atoms with Crippen molar-refractivity contribution in [2.75, 3.05) is 13.2 Å². The van der Waals surface area contributed by atoms with Gasteiger partial charge >= 0.3 is 5.97 Å². The van der Waals surface area contributed by atoms with Crippen molar-refractivity contribution in [1.29, 1.82) is 0 Å². The van der Waals surface area contributed by atoms with Gasteiger partial charge in [0.1, 0.15) is 6.61 Å². The Kier molecular flexibility index (Phi) is 6.65. The highest BCUT2D eigenvalue weighted by atomic mass is 16.6. The average Bonchev–Trinajstić information content (AvgIpc) is 3.59. The summed E-state index contributed by atoms with van der Waals surface area (Å²) in [5.41, 5.74) is 0.528.